The Morgan fingerprint density at radius 3 is 1.84 bits per heavy atom. The molecule has 0 N–H and O–H groups in total. The zero-order chi connectivity index (χ0) is 18.8. The van der Waals surface area contributed by atoms with Crippen molar-refractivity contribution in [3.8, 4) is 0 Å². The molecule has 0 amide bonds. The molecule has 2 aromatic rings. The molecule has 0 aliphatic heterocycles. The standard InChI is InChI=1S/C16H8F6O3/c17-15(18,19)11-8-4-7-10(12(11)16(20,21)22)14(24)25-13(23)9-5-2-1-3-6-9/h1-8H. The first kappa shape index (κ1) is 18.5. The lowest BCUT2D eigenvalue weighted by molar-refractivity contribution is -0.162. The second-order valence-corrected chi connectivity index (χ2v) is 4.77. The van der Waals surface area contributed by atoms with Gasteiger partial charge in [-0.05, 0) is 24.3 Å². The maximum absolute atomic E-state index is 13.1. The van der Waals surface area contributed by atoms with E-state index < -0.39 is 41.0 Å². The third kappa shape index (κ3) is 4.17. The Balaban J connectivity index is 2.45. The van der Waals surface area contributed by atoms with Gasteiger partial charge in [-0.1, -0.05) is 24.3 Å². The highest BCUT2D eigenvalue weighted by Crippen LogP contribution is 2.42. The van der Waals surface area contributed by atoms with Gasteiger partial charge in [-0.15, -0.1) is 0 Å². The molecule has 0 spiro atoms. The predicted molar refractivity (Wildman–Crippen MR) is 72.6 cm³/mol. The fraction of sp³-hybridized carbons (Fsp3) is 0.125. The van der Waals surface area contributed by atoms with Gasteiger partial charge in [0.05, 0.1) is 22.3 Å². The number of esters is 2. The summed E-state index contributed by atoms with van der Waals surface area (Å²) in [6.45, 7) is 0. The summed E-state index contributed by atoms with van der Waals surface area (Å²) in [6.07, 6.45) is -10.8. The molecule has 0 unspecified atom stereocenters. The van der Waals surface area contributed by atoms with Crippen LogP contribution in [0.1, 0.15) is 31.8 Å². The van der Waals surface area contributed by atoms with Crippen LogP contribution in [0.25, 0.3) is 0 Å². The maximum Gasteiger partial charge on any atom is 0.417 e. The number of ether oxygens (including phenoxy) is 1. The SMILES string of the molecule is O=C(OC(=O)c1cccc(C(F)(F)F)c1C(F)(F)F)c1ccccc1. The third-order valence-corrected chi connectivity index (χ3v) is 3.07. The number of rotatable bonds is 2. The molecule has 9 heteroatoms. The van der Waals surface area contributed by atoms with E-state index in [9.17, 15) is 35.9 Å². The molecule has 0 saturated heterocycles. The Morgan fingerprint density at radius 1 is 0.720 bits per heavy atom. The minimum absolute atomic E-state index is 0.142. The molecular formula is C16H8F6O3. The summed E-state index contributed by atoms with van der Waals surface area (Å²) in [6, 6.07) is 8.14. The number of hydrogen-bond donors (Lipinski definition) is 0. The van der Waals surface area contributed by atoms with Crippen LogP contribution in [0.5, 0.6) is 0 Å². The van der Waals surface area contributed by atoms with Gasteiger partial charge in [-0.3, -0.25) is 0 Å². The van der Waals surface area contributed by atoms with E-state index in [1.807, 2.05) is 0 Å². The molecule has 0 atom stereocenters. The van der Waals surface area contributed by atoms with Gasteiger partial charge in [-0.25, -0.2) is 9.59 Å². The average molecular weight is 362 g/mol. The van der Waals surface area contributed by atoms with Crippen molar-refractivity contribution in [2.24, 2.45) is 0 Å². The van der Waals surface area contributed by atoms with E-state index in [-0.39, 0.29) is 11.6 Å². The van der Waals surface area contributed by atoms with Crippen molar-refractivity contribution in [3.63, 3.8) is 0 Å². The Bertz CT molecular complexity index is 794. The molecule has 2 rings (SSSR count). The smallest absolute Gasteiger partial charge is 0.386 e. The second-order valence-electron chi connectivity index (χ2n) is 4.77. The summed E-state index contributed by atoms with van der Waals surface area (Å²) < 4.78 is 82.0. The maximum atomic E-state index is 13.1. The molecule has 0 radical (unpaired) electrons. The van der Waals surface area contributed by atoms with Crippen molar-refractivity contribution in [1.29, 1.82) is 0 Å². The highest BCUT2D eigenvalue weighted by Gasteiger charge is 2.46. The Morgan fingerprint density at radius 2 is 1.32 bits per heavy atom. The molecule has 2 aromatic carbocycles. The van der Waals surface area contributed by atoms with Crippen LogP contribution in [-0.4, -0.2) is 11.9 Å². The van der Waals surface area contributed by atoms with Gasteiger partial charge in [0, 0.05) is 0 Å². The van der Waals surface area contributed by atoms with E-state index in [0.29, 0.717) is 12.1 Å². The molecular weight excluding hydrogens is 354 g/mol. The van der Waals surface area contributed by atoms with Crippen LogP contribution >= 0.6 is 0 Å². The van der Waals surface area contributed by atoms with Crippen LogP contribution in [0.2, 0.25) is 0 Å². The lowest BCUT2D eigenvalue weighted by Gasteiger charge is -2.18. The number of halogens is 6. The van der Waals surface area contributed by atoms with Crippen molar-refractivity contribution in [3.05, 3.63) is 70.8 Å². The number of benzene rings is 2. The van der Waals surface area contributed by atoms with Crippen LogP contribution in [0.4, 0.5) is 26.3 Å². The highest BCUT2D eigenvalue weighted by atomic mass is 19.4. The first-order valence-corrected chi connectivity index (χ1v) is 6.61. The van der Waals surface area contributed by atoms with Crippen molar-refractivity contribution >= 4 is 11.9 Å². The van der Waals surface area contributed by atoms with Gasteiger partial charge >= 0.3 is 24.3 Å². The summed E-state index contributed by atoms with van der Waals surface area (Å²) in [7, 11) is 0. The first-order valence-electron chi connectivity index (χ1n) is 6.61. The quantitative estimate of drug-likeness (QED) is 0.441. The molecule has 0 aromatic heterocycles. The fourth-order valence-corrected chi connectivity index (χ4v) is 2.04. The van der Waals surface area contributed by atoms with E-state index in [2.05, 4.69) is 4.74 Å². The zero-order valence-corrected chi connectivity index (χ0v) is 12.1. The molecule has 0 saturated carbocycles. The average Bonchev–Trinajstić information content (AvgIpc) is 2.53. The van der Waals surface area contributed by atoms with Crippen LogP contribution in [0.3, 0.4) is 0 Å². The summed E-state index contributed by atoms with van der Waals surface area (Å²) in [5.74, 6) is -3.11. The molecule has 0 aliphatic rings. The number of hydrogen-bond acceptors (Lipinski definition) is 3. The lowest BCUT2D eigenvalue weighted by Crippen LogP contribution is -2.23. The Kier molecular flexibility index (Phi) is 4.87. The minimum Gasteiger partial charge on any atom is -0.386 e. The van der Waals surface area contributed by atoms with Crippen molar-refractivity contribution < 1.29 is 40.7 Å². The fourth-order valence-electron chi connectivity index (χ4n) is 2.04. The van der Waals surface area contributed by atoms with Crippen molar-refractivity contribution in [2.45, 2.75) is 12.4 Å². The molecule has 0 heterocycles. The number of carbonyl (C=O) groups is 2. The van der Waals surface area contributed by atoms with E-state index in [1.54, 1.807) is 0 Å². The number of alkyl halides is 6. The summed E-state index contributed by atoms with van der Waals surface area (Å²) in [5.41, 5.74) is -5.78. The largest absolute Gasteiger partial charge is 0.417 e. The van der Waals surface area contributed by atoms with Crippen molar-refractivity contribution in [2.75, 3.05) is 0 Å². The van der Waals surface area contributed by atoms with Gasteiger partial charge in [-0.2, -0.15) is 26.3 Å². The summed E-state index contributed by atoms with van der Waals surface area (Å²) in [4.78, 5) is 23.6. The summed E-state index contributed by atoms with van der Waals surface area (Å²) in [5, 5.41) is 0. The van der Waals surface area contributed by atoms with E-state index in [0.717, 1.165) is 0 Å². The topological polar surface area (TPSA) is 43.4 Å². The van der Waals surface area contributed by atoms with Gasteiger partial charge in [0.2, 0.25) is 0 Å². The van der Waals surface area contributed by atoms with Gasteiger partial charge in [0.25, 0.3) is 0 Å². The predicted octanol–water partition coefficient (Wildman–Crippen LogP) is 4.72. The highest BCUT2D eigenvalue weighted by molar-refractivity contribution is 6.03. The van der Waals surface area contributed by atoms with Crippen LogP contribution in [0, 0.1) is 0 Å². The van der Waals surface area contributed by atoms with Crippen LogP contribution in [0.15, 0.2) is 48.5 Å². The number of carbonyl (C=O) groups excluding carboxylic acids is 2. The van der Waals surface area contributed by atoms with E-state index in [4.69, 9.17) is 0 Å². The van der Waals surface area contributed by atoms with Gasteiger partial charge in [0.15, 0.2) is 0 Å². The normalized spacial score (nSPS) is 11.9. The van der Waals surface area contributed by atoms with Crippen LogP contribution < -0.4 is 0 Å². The lowest BCUT2D eigenvalue weighted by atomic mass is 10.00. The second kappa shape index (κ2) is 6.58. The van der Waals surface area contributed by atoms with Gasteiger partial charge in [0.1, 0.15) is 0 Å². The van der Waals surface area contributed by atoms with Gasteiger partial charge < -0.3 is 4.74 Å². The minimum atomic E-state index is -5.48. The molecule has 0 bridgehead atoms. The van der Waals surface area contributed by atoms with Crippen molar-refractivity contribution in [1.82, 2.24) is 0 Å². The van der Waals surface area contributed by atoms with E-state index in [1.165, 1.54) is 30.3 Å². The monoisotopic (exact) mass is 362 g/mol. The molecule has 0 aliphatic carbocycles. The first-order chi connectivity index (χ1) is 11.5. The molecule has 25 heavy (non-hydrogen) atoms. The summed E-state index contributed by atoms with van der Waals surface area (Å²) >= 11 is 0. The third-order valence-electron chi connectivity index (χ3n) is 3.07. The Labute approximate surface area is 136 Å². The zero-order valence-electron chi connectivity index (χ0n) is 12.1. The van der Waals surface area contributed by atoms with E-state index >= 15 is 0 Å². The molecule has 3 nitrogen and oxygen atoms in total. The Hall–Kier alpha value is -2.84. The molecule has 0 fully saturated rings. The molecule has 132 valence electrons. The van der Waals surface area contributed by atoms with Crippen LogP contribution in [-0.2, 0) is 17.1 Å².